The molecule has 4 aromatic rings. The predicted octanol–water partition coefficient (Wildman–Crippen LogP) is 5.51. The standard InChI is InChI=1S/C30H26Cl2N4O3/c31-20-10-11-24-22(16-20)28(19-6-2-1-3-7-19)29(30(38)33-24)25-17-26(21-8-4-5-9-23(21)32)36(34-25)27(37)18-35-12-14-39-15-13-35/h1-11,16,26H,12-15,17-18H2,(H,33,38)/t26-/m1/s1. The van der Waals surface area contributed by atoms with Crippen molar-refractivity contribution in [2.75, 3.05) is 32.8 Å². The molecule has 1 aromatic heterocycles. The zero-order valence-corrected chi connectivity index (χ0v) is 22.6. The molecule has 0 unspecified atom stereocenters. The lowest BCUT2D eigenvalue weighted by Gasteiger charge is -2.29. The van der Waals surface area contributed by atoms with Crippen molar-refractivity contribution in [3.8, 4) is 11.1 Å². The van der Waals surface area contributed by atoms with Crippen LogP contribution in [-0.2, 0) is 9.53 Å². The van der Waals surface area contributed by atoms with Crippen LogP contribution in [0.15, 0.2) is 82.7 Å². The molecule has 3 heterocycles. The summed E-state index contributed by atoms with van der Waals surface area (Å²) in [5.41, 5.74) is 3.73. The van der Waals surface area contributed by atoms with Gasteiger partial charge in [-0.1, -0.05) is 71.7 Å². The molecule has 2 aliphatic heterocycles. The Labute approximate surface area is 235 Å². The van der Waals surface area contributed by atoms with Gasteiger partial charge in [-0.15, -0.1) is 0 Å². The maximum absolute atomic E-state index is 13.7. The Morgan fingerprint density at radius 2 is 1.72 bits per heavy atom. The van der Waals surface area contributed by atoms with Crippen molar-refractivity contribution < 1.29 is 9.53 Å². The highest BCUT2D eigenvalue weighted by atomic mass is 35.5. The summed E-state index contributed by atoms with van der Waals surface area (Å²) in [7, 11) is 0. The van der Waals surface area contributed by atoms with Gasteiger partial charge in [-0.25, -0.2) is 5.01 Å². The molecule has 1 amide bonds. The van der Waals surface area contributed by atoms with Crippen LogP contribution in [0.1, 0.15) is 23.6 Å². The van der Waals surface area contributed by atoms with E-state index in [0.29, 0.717) is 59.6 Å². The Morgan fingerprint density at radius 1 is 0.974 bits per heavy atom. The number of ether oxygens (including phenoxy) is 1. The van der Waals surface area contributed by atoms with E-state index in [1.165, 1.54) is 5.01 Å². The fourth-order valence-electron chi connectivity index (χ4n) is 5.35. The summed E-state index contributed by atoms with van der Waals surface area (Å²) in [6.45, 7) is 2.74. The Hall–Kier alpha value is -3.49. The number of fused-ring (bicyclic) bond motifs is 1. The summed E-state index contributed by atoms with van der Waals surface area (Å²) in [6.07, 6.45) is 0.341. The third-order valence-corrected chi connectivity index (χ3v) is 7.80. The van der Waals surface area contributed by atoms with Gasteiger partial charge < -0.3 is 9.72 Å². The number of halogens is 2. The van der Waals surface area contributed by atoms with Crippen LogP contribution in [0.2, 0.25) is 10.0 Å². The third kappa shape index (κ3) is 5.11. The van der Waals surface area contributed by atoms with Gasteiger partial charge >= 0.3 is 0 Å². The molecule has 0 bridgehead atoms. The Balaban J connectivity index is 1.50. The average molecular weight is 561 g/mol. The zero-order chi connectivity index (χ0) is 26.9. The predicted molar refractivity (Wildman–Crippen MR) is 154 cm³/mol. The lowest BCUT2D eigenvalue weighted by molar-refractivity contribution is -0.135. The number of benzene rings is 3. The maximum atomic E-state index is 13.7. The van der Waals surface area contributed by atoms with E-state index in [9.17, 15) is 9.59 Å². The van der Waals surface area contributed by atoms with Gasteiger partial charge in [0.25, 0.3) is 11.5 Å². The topological polar surface area (TPSA) is 78.0 Å². The number of aromatic nitrogens is 1. The fraction of sp³-hybridized carbons (Fsp3) is 0.233. The van der Waals surface area contributed by atoms with Crippen molar-refractivity contribution in [2.24, 2.45) is 5.10 Å². The normalized spacial score (nSPS) is 17.9. The van der Waals surface area contributed by atoms with Crippen molar-refractivity contribution in [2.45, 2.75) is 12.5 Å². The summed E-state index contributed by atoms with van der Waals surface area (Å²) in [6, 6.07) is 22.1. The van der Waals surface area contributed by atoms with E-state index in [1.807, 2.05) is 54.6 Å². The molecule has 0 spiro atoms. The molecule has 7 nitrogen and oxygen atoms in total. The number of carbonyl (C=O) groups excluding carboxylic acids is 1. The van der Waals surface area contributed by atoms with Crippen molar-refractivity contribution in [1.82, 2.24) is 14.9 Å². The number of rotatable bonds is 5. The molecule has 1 atom stereocenters. The quantitative estimate of drug-likeness (QED) is 0.349. The van der Waals surface area contributed by atoms with E-state index in [-0.39, 0.29) is 18.0 Å². The second-order valence-electron chi connectivity index (χ2n) is 9.68. The van der Waals surface area contributed by atoms with Crippen LogP contribution in [0, 0.1) is 0 Å². The second kappa shape index (κ2) is 10.9. The minimum atomic E-state index is -0.444. The highest BCUT2D eigenvalue weighted by molar-refractivity contribution is 6.32. The summed E-state index contributed by atoms with van der Waals surface area (Å²) in [4.78, 5) is 32.4. The Kier molecular flexibility index (Phi) is 7.23. The molecule has 1 fully saturated rings. The minimum absolute atomic E-state index is 0.154. The number of morpholine rings is 1. The minimum Gasteiger partial charge on any atom is -0.379 e. The van der Waals surface area contributed by atoms with Crippen LogP contribution in [0.5, 0.6) is 0 Å². The van der Waals surface area contributed by atoms with Gasteiger partial charge in [-0.05, 0) is 35.4 Å². The molecular formula is C30H26Cl2N4O3. The van der Waals surface area contributed by atoms with Crippen LogP contribution < -0.4 is 5.56 Å². The van der Waals surface area contributed by atoms with Gasteiger partial charge in [0.15, 0.2) is 0 Å². The lowest BCUT2D eigenvalue weighted by Crippen LogP contribution is -2.43. The highest BCUT2D eigenvalue weighted by Gasteiger charge is 2.37. The molecule has 6 rings (SSSR count). The fourth-order valence-corrected chi connectivity index (χ4v) is 5.78. The van der Waals surface area contributed by atoms with Crippen LogP contribution in [-0.4, -0.2) is 59.4 Å². The van der Waals surface area contributed by atoms with Crippen molar-refractivity contribution in [3.63, 3.8) is 0 Å². The molecule has 1 N–H and O–H groups in total. The van der Waals surface area contributed by atoms with Gasteiger partial charge in [0, 0.05) is 46.0 Å². The molecule has 2 aliphatic rings. The summed E-state index contributed by atoms with van der Waals surface area (Å²) >= 11 is 13.0. The number of carbonyl (C=O) groups is 1. The lowest BCUT2D eigenvalue weighted by atomic mass is 9.91. The summed E-state index contributed by atoms with van der Waals surface area (Å²) in [5.74, 6) is -0.154. The number of hydrogen-bond donors (Lipinski definition) is 1. The number of H-pyrrole nitrogens is 1. The first-order chi connectivity index (χ1) is 19.0. The summed E-state index contributed by atoms with van der Waals surface area (Å²) < 4.78 is 5.44. The van der Waals surface area contributed by atoms with Crippen LogP contribution in [0.3, 0.4) is 0 Å². The molecule has 198 valence electrons. The van der Waals surface area contributed by atoms with E-state index in [4.69, 9.17) is 33.0 Å². The number of hydrogen-bond acceptors (Lipinski definition) is 5. The first-order valence-electron chi connectivity index (χ1n) is 12.8. The number of pyridine rings is 1. The van der Waals surface area contributed by atoms with Crippen molar-refractivity contribution in [1.29, 1.82) is 0 Å². The number of aromatic amines is 1. The second-order valence-corrected chi connectivity index (χ2v) is 10.5. The third-order valence-electron chi connectivity index (χ3n) is 7.22. The summed E-state index contributed by atoms with van der Waals surface area (Å²) in [5, 5.41) is 8.24. The van der Waals surface area contributed by atoms with Gasteiger partial charge in [-0.3, -0.25) is 14.5 Å². The van der Waals surface area contributed by atoms with E-state index >= 15 is 0 Å². The van der Waals surface area contributed by atoms with E-state index in [2.05, 4.69) is 9.88 Å². The molecule has 0 saturated carbocycles. The number of amides is 1. The molecular weight excluding hydrogens is 535 g/mol. The SMILES string of the molecule is O=C(CN1CCOCC1)N1N=C(c2c(-c3ccccc3)c3cc(Cl)ccc3[nH]c2=O)C[C@@H]1c1ccccc1Cl. The van der Waals surface area contributed by atoms with Gasteiger partial charge in [0.2, 0.25) is 0 Å². The Morgan fingerprint density at radius 3 is 2.49 bits per heavy atom. The monoisotopic (exact) mass is 560 g/mol. The van der Waals surface area contributed by atoms with Crippen LogP contribution in [0.4, 0.5) is 0 Å². The molecule has 0 aliphatic carbocycles. The molecule has 0 radical (unpaired) electrons. The largest absolute Gasteiger partial charge is 0.379 e. The van der Waals surface area contributed by atoms with Crippen LogP contribution >= 0.6 is 23.2 Å². The maximum Gasteiger partial charge on any atom is 0.258 e. The van der Waals surface area contributed by atoms with Gasteiger partial charge in [0.1, 0.15) is 0 Å². The van der Waals surface area contributed by atoms with E-state index in [0.717, 1.165) is 22.1 Å². The average Bonchev–Trinajstić information content (AvgIpc) is 3.39. The number of nitrogens with one attached hydrogen (secondary N) is 1. The van der Waals surface area contributed by atoms with Gasteiger partial charge in [-0.2, -0.15) is 5.10 Å². The van der Waals surface area contributed by atoms with E-state index in [1.54, 1.807) is 18.2 Å². The van der Waals surface area contributed by atoms with Crippen molar-refractivity contribution >= 4 is 45.7 Å². The molecule has 3 aromatic carbocycles. The van der Waals surface area contributed by atoms with Gasteiger partial charge in [0.05, 0.1) is 37.1 Å². The molecule has 39 heavy (non-hydrogen) atoms. The van der Waals surface area contributed by atoms with Crippen LogP contribution in [0.25, 0.3) is 22.0 Å². The molecule has 9 heteroatoms. The first-order valence-corrected chi connectivity index (χ1v) is 13.6. The zero-order valence-electron chi connectivity index (χ0n) is 21.1. The molecule has 1 saturated heterocycles. The van der Waals surface area contributed by atoms with E-state index < -0.39 is 6.04 Å². The smallest absolute Gasteiger partial charge is 0.258 e. The number of hydrazone groups is 1. The first kappa shape index (κ1) is 25.8. The van der Waals surface area contributed by atoms with Crippen molar-refractivity contribution in [3.05, 3.63) is 104 Å². The highest BCUT2D eigenvalue weighted by Crippen LogP contribution is 2.39. The number of nitrogens with zero attached hydrogens (tertiary/aromatic N) is 3. The Bertz CT molecular complexity index is 1630.